The van der Waals surface area contributed by atoms with Gasteiger partial charge in [-0.1, -0.05) is 24.3 Å². The maximum atomic E-state index is 12.8. The summed E-state index contributed by atoms with van der Waals surface area (Å²) in [6.07, 6.45) is 5.47. The quantitative estimate of drug-likeness (QED) is 0.849. The zero-order valence-corrected chi connectivity index (χ0v) is 15.2. The maximum Gasteiger partial charge on any atom is 0.223 e. The third-order valence-corrected chi connectivity index (χ3v) is 6.64. The Balaban J connectivity index is 1.34. The van der Waals surface area contributed by atoms with E-state index in [0.29, 0.717) is 30.6 Å². The maximum absolute atomic E-state index is 12.8. The molecule has 3 aliphatic rings. The summed E-state index contributed by atoms with van der Waals surface area (Å²) in [6, 6.07) is 8.56. The number of amides is 2. The number of carbonyl (C=O) groups is 2. The molecule has 0 bridgehead atoms. The number of piperidine rings is 1. The van der Waals surface area contributed by atoms with Gasteiger partial charge in [0.15, 0.2) is 0 Å². The zero-order chi connectivity index (χ0) is 17.4. The summed E-state index contributed by atoms with van der Waals surface area (Å²) in [6.45, 7) is 5.38. The molecule has 25 heavy (non-hydrogen) atoms. The molecule has 0 saturated carbocycles. The minimum atomic E-state index is 0.129. The van der Waals surface area contributed by atoms with E-state index in [-0.39, 0.29) is 5.41 Å². The highest BCUT2D eigenvalue weighted by Crippen LogP contribution is 2.41. The van der Waals surface area contributed by atoms with E-state index in [1.54, 1.807) is 0 Å². The van der Waals surface area contributed by atoms with Gasteiger partial charge in [0.25, 0.3) is 0 Å². The van der Waals surface area contributed by atoms with Gasteiger partial charge in [0.2, 0.25) is 11.8 Å². The first-order valence-electron chi connectivity index (χ1n) is 9.73. The van der Waals surface area contributed by atoms with Crippen molar-refractivity contribution in [1.29, 1.82) is 0 Å². The van der Waals surface area contributed by atoms with Crippen LogP contribution in [-0.2, 0) is 16.0 Å². The van der Waals surface area contributed by atoms with Gasteiger partial charge in [0, 0.05) is 44.4 Å². The van der Waals surface area contributed by atoms with Crippen molar-refractivity contribution in [2.24, 2.45) is 5.41 Å². The summed E-state index contributed by atoms with van der Waals surface area (Å²) in [5.74, 6) is 0.987. The Hall–Kier alpha value is -1.84. The SMILES string of the molecule is CCN1CC2(CCN(C(=O)C[C@@H]3CCc4ccccc43)CC2)CC1=O. The number of aryl methyl sites for hydroxylation is 1. The fourth-order valence-corrected chi connectivity index (χ4v) is 5.03. The fraction of sp³-hybridized carbons (Fsp3) is 0.619. The Morgan fingerprint density at radius 2 is 2.00 bits per heavy atom. The minimum Gasteiger partial charge on any atom is -0.343 e. The highest BCUT2D eigenvalue weighted by atomic mass is 16.2. The second kappa shape index (κ2) is 6.47. The first-order chi connectivity index (χ1) is 12.1. The van der Waals surface area contributed by atoms with Crippen LogP contribution in [0.3, 0.4) is 0 Å². The molecule has 134 valence electrons. The molecule has 0 aromatic heterocycles. The predicted molar refractivity (Wildman–Crippen MR) is 97.2 cm³/mol. The van der Waals surface area contributed by atoms with E-state index in [9.17, 15) is 9.59 Å². The number of fused-ring (bicyclic) bond motifs is 1. The lowest BCUT2D eigenvalue weighted by Gasteiger charge is -2.39. The second-order valence-electron chi connectivity index (χ2n) is 8.10. The van der Waals surface area contributed by atoms with Crippen LogP contribution in [-0.4, -0.2) is 47.8 Å². The van der Waals surface area contributed by atoms with Gasteiger partial charge < -0.3 is 9.80 Å². The molecule has 4 rings (SSSR count). The Bertz CT molecular complexity index is 676. The molecule has 1 spiro atoms. The van der Waals surface area contributed by atoms with Crippen LogP contribution in [0.4, 0.5) is 0 Å². The molecule has 1 aromatic rings. The number of likely N-dealkylation sites (tertiary alicyclic amines) is 2. The molecule has 1 aromatic carbocycles. The van der Waals surface area contributed by atoms with Gasteiger partial charge in [0.1, 0.15) is 0 Å². The van der Waals surface area contributed by atoms with Crippen molar-refractivity contribution < 1.29 is 9.59 Å². The highest BCUT2D eigenvalue weighted by molar-refractivity contribution is 5.80. The Morgan fingerprint density at radius 3 is 2.72 bits per heavy atom. The van der Waals surface area contributed by atoms with Gasteiger partial charge in [-0.15, -0.1) is 0 Å². The Morgan fingerprint density at radius 1 is 1.24 bits per heavy atom. The van der Waals surface area contributed by atoms with E-state index in [2.05, 4.69) is 31.2 Å². The van der Waals surface area contributed by atoms with E-state index in [1.165, 1.54) is 11.1 Å². The van der Waals surface area contributed by atoms with Crippen LogP contribution in [0.5, 0.6) is 0 Å². The van der Waals surface area contributed by atoms with Gasteiger partial charge in [-0.05, 0) is 49.7 Å². The molecule has 0 radical (unpaired) electrons. The molecular weight excluding hydrogens is 312 g/mol. The van der Waals surface area contributed by atoms with Crippen molar-refractivity contribution >= 4 is 11.8 Å². The summed E-state index contributed by atoms with van der Waals surface area (Å²) < 4.78 is 0. The molecule has 2 heterocycles. The summed E-state index contributed by atoms with van der Waals surface area (Å²) in [5, 5.41) is 0. The van der Waals surface area contributed by atoms with Crippen molar-refractivity contribution in [2.75, 3.05) is 26.2 Å². The summed E-state index contributed by atoms with van der Waals surface area (Å²) in [4.78, 5) is 28.9. The molecule has 2 amide bonds. The number of hydrogen-bond acceptors (Lipinski definition) is 2. The van der Waals surface area contributed by atoms with E-state index in [1.807, 2.05) is 9.80 Å². The van der Waals surface area contributed by atoms with Crippen molar-refractivity contribution in [3.63, 3.8) is 0 Å². The first kappa shape index (κ1) is 16.6. The summed E-state index contributed by atoms with van der Waals surface area (Å²) >= 11 is 0. The molecule has 1 atom stereocenters. The Labute approximate surface area is 150 Å². The molecule has 0 unspecified atom stereocenters. The van der Waals surface area contributed by atoms with Gasteiger partial charge in [0.05, 0.1) is 0 Å². The third-order valence-electron chi connectivity index (χ3n) is 6.64. The number of benzene rings is 1. The van der Waals surface area contributed by atoms with Crippen LogP contribution >= 0.6 is 0 Å². The van der Waals surface area contributed by atoms with E-state index in [4.69, 9.17) is 0 Å². The predicted octanol–water partition coefficient (Wildman–Crippen LogP) is 2.97. The zero-order valence-electron chi connectivity index (χ0n) is 15.2. The summed E-state index contributed by atoms with van der Waals surface area (Å²) in [7, 11) is 0. The summed E-state index contributed by atoms with van der Waals surface area (Å²) in [5.41, 5.74) is 2.93. The van der Waals surface area contributed by atoms with Crippen LogP contribution < -0.4 is 0 Å². The highest BCUT2D eigenvalue weighted by Gasteiger charge is 2.45. The first-order valence-corrected chi connectivity index (χ1v) is 9.73. The second-order valence-corrected chi connectivity index (χ2v) is 8.10. The lowest BCUT2D eigenvalue weighted by atomic mass is 9.77. The molecule has 2 saturated heterocycles. The average molecular weight is 340 g/mol. The Kier molecular flexibility index (Phi) is 4.30. The number of nitrogens with zero attached hydrogens (tertiary/aromatic N) is 2. The van der Waals surface area contributed by atoms with Crippen molar-refractivity contribution in [3.05, 3.63) is 35.4 Å². The molecule has 1 aliphatic carbocycles. The molecule has 4 heteroatoms. The normalized spacial score (nSPS) is 24.8. The number of rotatable bonds is 3. The molecule has 2 aliphatic heterocycles. The molecule has 0 N–H and O–H groups in total. The average Bonchev–Trinajstić information content (AvgIpc) is 3.17. The lowest BCUT2D eigenvalue weighted by Crippen LogP contribution is -2.44. The van der Waals surface area contributed by atoms with Crippen molar-refractivity contribution in [2.45, 2.75) is 51.4 Å². The van der Waals surface area contributed by atoms with E-state index in [0.717, 1.165) is 51.9 Å². The monoisotopic (exact) mass is 340 g/mol. The van der Waals surface area contributed by atoms with Crippen LogP contribution in [0, 0.1) is 5.41 Å². The van der Waals surface area contributed by atoms with Crippen LogP contribution in [0.25, 0.3) is 0 Å². The number of hydrogen-bond donors (Lipinski definition) is 0. The van der Waals surface area contributed by atoms with E-state index < -0.39 is 0 Å². The van der Waals surface area contributed by atoms with E-state index >= 15 is 0 Å². The fourth-order valence-electron chi connectivity index (χ4n) is 5.03. The van der Waals surface area contributed by atoms with Crippen LogP contribution in [0.2, 0.25) is 0 Å². The lowest BCUT2D eigenvalue weighted by molar-refractivity contribution is -0.133. The molecule has 2 fully saturated rings. The van der Waals surface area contributed by atoms with Gasteiger partial charge in [-0.2, -0.15) is 0 Å². The molecule has 4 nitrogen and oxygen atoms in total. The third kappa shape index (κ3) is 3.07. The number of carbonyl (C=O) groups excluding carboxylic acids is 2. The molecular formula is C21H28N2O2. The smallest absolute Gasteiger partial charge is 0.223 e. The largest absolute Gasteiger partial charge is 0.343 e. The van der Waals surface area contributed by atoms with Crippen LogP contribution in [0.15, 0.2) is 24.3 Å². The van der Waals surface area contributed by atoms with Gasteiger partial charge in [-0.25, -0.2) is 0 Å². The van der Waals surface area contributed by atoms with Gasteiger partial charge >= 0.3 is 0 Å². The topological polar surface area (TPSA) is 40.6 Å². The standard InChI is InChI=1S/C21H28N2O2/c1-2-22-15-21(14-20(22)25)9-11-23(12-10-21)19(24)13-17-8-7-16-5-3-4-6-18(16)17/h3-6,17H,2,7-15H2,1H3/t17-/m0/s1. The van der Waals surface area contributed by atoms with Crippen molar-refractivity contribution in [1.82, 2.24) is 9.80 Å². The van der Waals surface area contributed by atoms with Crippen LogP contribution in [0.1, 0.15) is 56.1 Å². The van der Waals surface area contributed by atoms with Gasteiger partial charge in [-0.3, -0.25) is 9.59 Å². The minimum absolute atomic E-state index is 0.129. The van der Waals surface area contributed by atoms with Crippen molar-refractivity contribution in [3.8, 4) is 0 Å².